The lowest BCUT2D eigenvalue weighted by Gasteiger charge is -2.43. The van der Waals surface area contributed by atoms with E-state index in [-0.39, 0.29) is 11.2 Å². The van der Waals surface area contributed by atoms with Gasteiger partial charge in [-0.25, -0.2) is 0 Å². The SMILES string of the molecule is CCCCCCCCCCCCC1(C)CCCC(C)(C)O1. The van der Waals surface area contributed by atoms with Gasteiger partial charge in [-0.05, 0) is 46.5 Å². The van der Waals surface area contributed by atoms with Gasteiger partial charge in [-0.15, -0.1) is 0 Å². The van der Waals surface area contributed by atoms with E-state index in [0.29, 0.717) is 0 Å². The van der Waals surface area contributed by atoms with Crippen LogP contribution in [0.15, 0.2) is 0 Å². The fourth-order valence-electron chi connectivity index (χ4n) is 3.82. The molecule has 0 aromatic rings. The molecule has 1 rings (SSSR count). The average Bonchev–Trinajstić information content (AvgIpc) is 2.39. The summed E-state index contributed by atoms with van der Waals surface area (Å²) in [6, 6.07) is 0. The van der Waals surface area contributed by atoms with Gasteiger partial charge in [0, 0.05) is 0 Å². The Morgan fingerprint density at radius 2 is 1.24 bits per heavy atom. The monoisotopic (exact) mass is 296 g/mol. The Kier molecular flexibility index (Phi) is 8.94. The number of rotatable bonds is 11. The molecule has 0 amide bonds. The highest BCUT2D eigenvalue weighted by atomic mass is 16.5. The van der Waals surface area contributed by atoms with Gasteiger partial charge in [0.25, 0.3) is 0 Å². The van der Waals surface area contributed by atoms with Gasteiger partial charge in [0.2, 0.25) is 0 Å². The minimum atomic E-state index is 0.103. The van der Waals surface area contributed by atoms with Crippen LogP contribution in [0, 0.1) is 0 Å². The van der Waals surface area contributed by atoms with Crippen LogP contribution in [-0.4, -0.2) is 11.2 Å². The molecule has 1 aliphatic heterocycles. The van der Waals surface area contributed by atoms with Crippen LogP contribution in [0.2, 0.25) is 0 Å². The lowest BCUT2D eigenvalue weighted by Crippen LogP contribution is -2.43. The molecule has 1 atom stereocenters. The molecule has 126 valence electrons. The maximum Gasteiger partial charge on any atom is 0.0661 e. The fraction of sp³-hybridized carbons (Fsp3) is 1.00. The molecule has 0 N–H and O–H groups in total. The molecule has 1 nitrogen and oxygen atoms in total. The summed E-state index contributed by atoms with van der Waals surface area (Å²) in [5.41, 5.74) is 0.257. The number of ether oxygens (including phenoxy) is 1. The van der Waals surface area contributed by atoms with Gasteiger partial charge >= 0.3 is 0 Å². The molecular weight excluding hydrogens is 256 g/mol. The van der Waals surface area contributed by atoms with E-state index in [1.54, 1.807) is 0 Å². The lowest BCUT2D eigenvalue weighted by molar-refractivity contribution is -0.168. The first-order chi connectivity index (χ1) is 9.97. The molecule has 0 aromatic carbocycles. The Morgan fingerprint density at radius 3 is 1.76 bits per heavy atom. The third-order valence-corrected chi connectivity index (χ3v) is 5.07. The summed E-state index contributed by atoms with van der Waals surface area (Å²) < 4.78 is 6.34. The van der Waals surface area contributed by atoms with E-state index in [9.17, 15) is 0 Å². The summed E-state index contributed by atoms with van der Waals surface area (Å²) in [6.07, 6.45) is 19.3. The molecule has 1 saturated heterocycles. The maximum atomic E-state index is 6.34. The van der Waals surface area contributed by atoms with Crippen LogP contribution in [0.4, 0.5) is 0 Å². The van der Waals surface area contributed by atoms with Crippen LogP contribution >= 0.6 is 0 Å². The summed E-state index contributed by atoms with van der Waals surface area (Å²) in [6.45, 7) is 9.13. The Balaban J connectivity index is 1.96. The minimum absolute atomic E-state index is 0.103. The van der Waals surface area contributed by atoms with E-state index >= 15 is 0 Å². The molecule has 0 spiro atoms. The van der Waals surface area contributed by atoms with Crippen molar-refractivity contribution in [2.45, 2.75) is 129 Å². The fourth-order valence-corrected chi connectivity index (χ4v) is 3.82. The zero-order valence-electron chi connectivity index (χ0n) is 15.3. The van der Waals surface area contributed by atoms with Crippen LogP contribution in [0.3, 0.4) is 0 Å². The average molecular weight is 297 g/mol. The molecule has 1 aliphatic rings. The van der Waals surface area contributed by atoms with Gasteiger partial charge in [0.15, 0.2) is 0 Å². The zero-order valence-corrected chi connectivity index (χ0v) is 15.3. The third kappa shape index (κ3) is 8.86. The van der Waals surface area contributed by atoms with Crippen molar-refractivity contribution in [3.8, 4) is 0 Å². The lowest BCUT2D eigenvalue weighted by atomic mass is 9.84. The minimum Gasteiger partial charge on any atom is -0.369 e. The highest BCUT2D eigenvalue weighted by molar-refractivity contribution is 4.86. The van der Waals surface area contributed by atoms with E-state index in [4.69, 9.17) is 4.74 Å². The Bertz CT molecular complexity index is 259. The Hall–Kier alpha value is -0.0400. The van der Waals surface area contributed by atoms with Gasteiger partial charge in [-0.3, -0.25) is 0 Å². The Morgan fingerprint density at radius 1 is 0.714 bits per heavy atom. The van der Waals surface area contributed by atoms with Gasteiger partial charge in [0.1, 0.15) is 0 Å². The first-order valence-electron chi connectivity index (χ1n) is 9.68. The van der Waals surface area contributed by atoms with Crippen molar-refractivity contribution in [3.63, 3.8) is 0 Å². The van der Waals surface area contributed by atoms with E-state index in [1.807, 2.05) is 0 Å². The molecule has 0 radical (unpaired) electrons. The molecule has 21 heavy (non-hydrogen) atoms. The number of hydrogen-bond donors (Lipinski definition) is 0. The second-order valence-electron chi connectivity index (χ2n) is 8.10. The van der Waals surface area contributed by atoms with Crippen molar-refractivity contribution in [3.05, 3.63) is 0 Å². The first-order valence-corrected chi connectivity index (χ1v) is 9.68. The molecule has 0 saturated carbocycles. The van der Waals surface area contributed by atoms with Crippen LogP contribution < -0.4 is 0 Å². The second kappa shape index (κ2) is 9.87. The number of hydrogen-bond acceptors (Lipinski definition) is 1. The standard InChI is InChI=1S/C20H40O/c1-5-6-7-8-9-10-11-12-13-14-17-20(4)18-15-16-19(2,3)21-20/h5-18H2,1-4H3. The summed E-state index contributed by atoms with van der Waals surface area (Å²) in [5, 5.41) is 0. The Labute approximate surface area is 134 Å². The molecule has 1 heteroatoms. The van der Waals surface area contributed by atoms with Crippen LogP contribution in [-0.2, 0) is 4.74 Å². The van der Waals surface area contributed by atoms with Crippen molar-refractivity contribution >= 4 is 0 Å². The zero-order chi connectivity index (χ0) is 15.6. The smallest absolute Gasteiger partial charge is 0.0661 e. The van der Waals surface area contributed by atoms with E-state index in [1.165, 1.54) is 89.9 Å². The quantitative estimate of drug-likeness (QED) is 0.372. The van der Waals surface area contributed by atoms with Crippen molar-refractivity contribution in [1.82, 2.24) is 0 Å². The summed E-state index contributed by atoms with van der Waals surface area (Å²) in [5.74, 6) is 0. The van der Waals surface area contributed by atoms with Crippen molar-refractivity contribution in [1.29, 1.82) is 0 Å². The third-order valence-electron chi connectivity index (χ3n) is 5.07. The largest absolute Gasteiger partial charge is 0.369 e. The van der Waals surface area contributed by atoms with Crippen LogP contribution in [0.5, 0.6) is 0 Å². The predicted octanol–water partition coefficient (Wildman–Crippen LogP) is 7.04. The van der Waals surface area contributed by atoms with Gasteiger partial charge in [0.05, 0.1) is 11.2 Å². The molecule has 0 aliphatic carbocycles. The van der Waals surface area contributed by atoms with Gasteiger partial charge in [-0.2, -0.15) is 0 Å². The second-order valence-corrected chi connectivity index (χ2v) is 8.10. The molecule has 0 bridgehead atoms. The molecular formula is C20H40O. The normalized spacial score (nSPS) is 25.1. The van der Waals surface area contributed by atoms with Crippen molar-refractivity contribution in [2.24, 2.45) is 0 Å². The van der Waals surface area contributed by atoms with E-state index in [2.05, 4.69) is 27.7 Å². The molecule has 1 unspecified atom stereocenters. The number of unbranched alkanes of at least 4 members (excludes halogenated alkanes) is 9. The maximum absolute atomic E-state index is 6.34. The highest BCUT2D eigenvalue weighted by Gasteiger charge is 2.36. The van der Waals surface area contributed by atoms with Gasteiger partial charge in [-0.1, -0.05) is 71.1 Å². The van der Waals surface area contributed by atoms with E-state index in [0.717, 1.165) is 0 Å². The summed E-state index contributed by atoms with van der Waals surface area (Å²) in [4.78, 5) is 0. The molecule has 0 aromatic heterocycles. The van der Waals surface area contributed by atoms with Crippen LogP contribution in [0.25, 0.3) is 0 Å². The summed E-state index contributed by atoms with van der Waals surface area (Å²) >= 11 is 0. The highest BCUT2D eigenvalue weighted by Crippen LogP contribution is 2.38. The van der Waals surface area contributed by atoms with Crippen molar-refractivity contribution in [2.75, 3.05) is 0 Å². The van der Waals surface area contributed by atoms with E-state index < -0.39 is 0 Å². The van der Waals surface area contributed by atoms with Crippen LogP contribution in [0.1, 0.15) is 118 Å². The topological polar surface area (TPSA) is 9.23 Å². The molecule has 1 heterocycles. The summed E-state index contributed by atoms with van der Waals surface area (Å²) in [7, 11) is 0. The van der Waals surface area contributed by atoms with Crippen molar-refractivity contribution < 1.29 is 4.74 Å². The first kappa shape index (κ1) is 19.0. The predicted molar refractivity (Wildman–Crippen MR) is 93.9 cm³/mol. The van der Waals surface area contributed by atoms with Gasteiger partial charge < -0.3 is 4.74 Å². The molecule has 1 fully saturated rings.